The zero-order chi connectivity index (χ0) is 29.3. The Bertz CT molecular complexity index is 1200. The smallest absolute Gasteiger partial charge is 0.376 e. The number of nitrogens with one attached hydrogen (secondary N) is 1. The van der Waals surface area contributed by atoms with Crippen LogP contribution < -0.4 is 5.32 Å². The zero-order valence-corrected chi connectivity index (χ0v) is 23.0. The molecule has 2 aromatic carbocycles. The number of fused-ring (bicyclic) bond motifs is 1. The Morgan fingerprint density at radius 2 is 1.80 bits per heavy atom. The van der Waals surface area contributed by atoms with Crippen molar-refractivity contribution in [1.82, 2.24) is 5.32 Å². The molecule has 1 amide bonds. The van der Waals surface area contributed by atoms with E-state index in [1.165, 1.54) is 18.2 Å². The van der Waals surface area contributed by atoms with E-state index in [1.54, 1.807) is 32.0 Å². The Kier molecular flexibility index (Phi) is 8.73. The Morgan fingerprint density at radius 1 is 1.05 bits per heavy atom. The minimum absolute atomic E-state index is 0.0171. The van der Waals surface area contributed by atoms with Crippen molar-refractivity contribution in [1.29, 1.82) is 0 Å². The van der Waals surface area contributed by atoms with Gasteiger partial charge in [0.15, 0.2) is 11.4 Å². The lowest BCUT2D eigenvalue weighted by Crippen LogP contribution is -2.60. The first-order valence-electron chi connectivity index (χ1n) is 13.8. The van der Waals surface area contributed by atoms with Crippen LogP contribution in [0.2, 0.25) is 0 Å². The molecular weight excluding hydrogens is 546 g/mol. The molecule has 0 radical (unpaired) electrons. The van der Waals surface area contributed by atoms with Gasteiger partial charge in [-0.2, -0.15) is 13.2 Å². The van der Waals surface area contributed by atoms with Gasteiger partial charge in [-0.1, -0.05) is 30.3 Å². The number of amides is 1. The minimum Gasteiger partial charge on any atom is -0.376 e. The zero-order valence-electron chi connectivity index (χ0n) is 23.0. The van der Waals surface area contributed by atoms with Gasteiger partial charge in [-0.3, -0.25) is 4.79 Å². The SMILES string of the molecule is CC1(C)O[C@H]2[C@H](OCc3ccc(C(F)(F)F)cc3)C[C@](OCc3ccccc3F)(C(=O)NC[C@@H]3CCCO3)C[C@H]2O1. The molecule has 5 rings (SSSR count). The number of alkyl halides is 3. The van der Waals surface area contributed by atoms with Crippen molar-refractivity contribution in [3.8, 4) is 0 Å². The normalized spacial score (nSPS) is 29.3. The molecular formula is C30H35F4NO6. The number of carbonyl (C=O) groups excluding carboxylic acids is 1. The lowest BCUT2D eigenvalue weighted by molar-refractivity contribution is -0.184. The predicted octanol–water partition coefficient (Wildman–Crippen LogP) is 5.29. The Labute approximate surface area is 236 Å². The molecule has 7 nitrogen and oxygen atoms in total. The number of hydrogen-bond acceptors (Lipinski definition) is 6. The molecule has 2 aliphatic heterocycles. The number of carbonyl (C=O) groups is 1. The average molecular weight is 582 g/mol. The summed E-state index contributed by atoms with van der Waals surface area (Å²) in [5.41, 5.74) is -1.38. The summed E-state index contributed by atoms with van der Waals surface area (Å²) < 4.78 is 84.0. The maximum Gasteiger partial charge on any atom is 0.416 e. The van der Waals surface area contributed by atoms with Crippen LogP contribution in [-0.2, 0) is 47.9 Å². The highest BCUT2D eigenvalue weighted by Crippen LogP contribution is 2.44. The molecule has 1 aliphatic carbocycles. The summed E-state index contributed by atoms with van der Waals surface area (Å²) in [7, 11) is 0. The summed E-state index contributed by atoms with van der Waals surface area (Å²) >= 11 is 0. The van der Waals surface area contributed by atoms with E-state index >= 15 is 0 Å². The van der Waals surface area contributed by atoms with Gasteiger partial charge >= 0.3 is 6.18 Å². The fourth-order valence-corrected chi connectivity index (χ4v) is 5.71. The summed E-state index contributed by atoms with van der Waals surface area (Å²) in [5, 5.41) is 2.96. The number of benzene rings is 2. The highest BCUT2D eigenvalue weighted by atomic mass is 19.4. The molecule has 0 spiro atoms. The molecule has 0 unspecified atom stereocenters. The molecule has 41 heavy (non-hydrogen) atoms. The summed E-state index contributed by atoms with van der Waals surface area (Å²) in [6, 6.07) is 10.9. The van der Waals surface area contributed by atoms with E-state index in [9.17, 15) is 22.4 Å². The first-order valence-corrected chi connectivity index (χ1v) is 13.8. The largest absolute Gasteiger partial charge is 0.416 e. The molecule has 2 saturated heterocycles. The van der Waals surface area contributed by atoms with Gasteiger partial charge in [-0.15, -0.1) is 0 Å². The van der Waals surface area contributed by atoms with Crippen LogP contribution >= 0.6 is 0 Å². The van der Waals surface area contributed by atoms with Gasteiger partial charge in [-0.25, -0.2) is 4.39 Å². The fourth-order valence-electron chi connectivity index (χ4n) is 5.71. The molecule has 2 aromatic rings. The predicted molar refractivity (Wildman–Crippen MR) is 139 cm³/mol. The van der Waals surface area contributed by atoms with Crippen molar-refractivity contribution in [2.45, 2.75) is 94.7 Å². The third kappa shape index (κ3) is 7.09. The Morgan fingerprint density at radius 3 is 2.49 bits per heavy atom. The van der Waals surface area contributed by atoms with Crippen LogP contribution in [0.25, 0.3) is 0 Å². The fraction of sp³-hybridized carbons (Fsp3) is 0.567. The first-order chi connectivity index (χ1) is 19.4. The van der Waals surface area contributed by atoms with E-state index in [4.69, 9.17) is 23.7 Å². The molecule has 11 heteroatoms. The second-order valence-corrected chi connectivity index (χ2v) is 11.3. The minimum atomic E-state index is -4.44. The van der Waals surface area contributed by atoms with E-state index < -0.39 is 47.3 Å². The number of halogens is 4. The third-order valence-corrected chi connectivity index (χ3v) is 7.79. The Balaban J connectivity index is 1.38. The molecule has 1 N–H and O–H groups in total. The van der Waals surface area contributed by atoms with Crippen LogP contribution in [0, 0.1) is 5.82 Å². The van der Waals surface area contributed by atoms with Gasteiger partial charge in [0, 0.05) is 31.6 Å². The highest BCUT2D eigenvalue weighted by Gasteiger charge is 2.58. The molecule has 3 fully saturated rings. The number of hydrogen-bond donors (Lipinski definition) is 1. The maximum absolute atomic E-state index is 14.5. The standard InChI is InChI=1S/C30H35F4NO6/c1-28(2)40-25-15-29(27(36)35-16-22-7-5-13-37-22,39-18-20-6-3-4-8-23(20)31)14-24(26(25)41-28)38-17-19-9-11-21(12-10-19)30(32,33)34/h3-4,6,8-12,22,24-26H,5,7,13-18H2,1-2H3,(H,35,36)/t22-,24+,25+,26-,29+/m0/s1. The molecule has 0 aromatic heterocycles. The maximum atomic E-state index is 14.5. The second kappa shape index (κ2) is 12.0. The van der Waals surface area contributed by atoms with Gasteiger partial charge < -0.3 is 29.0 Å². The van der Waals surface area contributed by atoms with Crippen molar-refractivity contribution in [3.05, 3.63) is 71.0 Å². The Hall–Kier alpha value is -2.57. The second-order valence-electron chi connectivity index (χ2n) is 11.3. The van der Waals surface area contributed by atoms with Gasteiger partial charge in [0.1, 0.15) is 11.9 Å². The van der Waals surface area contributed by atoms with E-state index in [0.29, 0.717) is 24.3 Å². The number of ether oxygens (including phenoxy) is 5. The molecule has 5 atom stereocenters. The molecule has 3 aliphatic rings. The van der Waals surface area contributed by atoms with Crippen LogP contribution in [0.15, 0.2) is 48.5 Å². The van der Waals surface area contributed by atoms with Crippen LogP contribution in [0.4, 0.5) is 17.6 Å². The van der Waals surface area contributed by atoms with E-state index in [1.807, 2.05) is 0 Å². The summed E-state index contributed by atoms with van der Waals surface area (Å²) in [6.07, 6.45) is -4.41. The third-order valence-electron chi connectivity index (χ3n) is 7.79. The summed E-state index contributed by atoms with van der Waals surface area (Å²) in [6.45, 7) is 4.29. The molecule has 1 saturated carbocycles. The van der Waals surface area contributed by atoms with E-state index in [0.717, 1.165) is 25.0 Å². The lowest BCUT2D eigenvalue weighted by Gasteiger charge is -2.43. The molecule has 2 heterocycles. The van der Waals surface area contributed by atoms with Crippen molar-refractivity contribution in [3.63, 3.8) is 0 Å². The van der Waals surface area contributed by atoms with Gasteiger partial charge in [0.25, 0.3) is 5.91 Å². The summed E-state index contributed by atoms with van der Waals surface area (Å²) in [4.78, 5) is 13.8. The monoisotopic (exact) mass is 581 g/mol. The molecule has 0 bridgehead atoms. The quantitative estimate of drug-likeness (QED) is 0.406. The topological polar surface area (TPSA) is 75.3 Å². The molecule has 224 valence electrons. The number of rotatable bonds is 9. The van der Waals surface area contributed by atoms with Crippen LogP contribution in [0.1, 0.15) is 56.2 Å². The highest BCUT2D eigenvalue weighted by molar-refractivity contribution is 5.85. The van der Waals surface area contributed by atoms with Crippen molar-refractivity contribution < 1.29 is 46.0 Å². The van der Waals surface area contributed by atoms with Gasteiger partial charge in [0.2, 0.25) is 0 Å². The van der Waals surface area contributed by atoms with Crippen molar-refractivity contribution in [2.75, 3.05) is 13.2 Å². The van der Waals surface area contributed by atoms with Crippen LogP contribution in [0.3, 0.4) is 0 Å². The summed E-state index contributed by atoms with van der Waals surface area (Å²) in [5.74, 6) is -1.80. The van der Waals surface area contributed by atoms with Crippen LogP contribution in [0.5, 0.6) is 0 Å². The van der Waals surface area contributed by atoms with Crippen LogP contribution in [-0.4, -0.2) is 54.9 Å². The average Bonchev–Trinajstić information content (AvgIpc) is 3.56. The first kappa shape index (κ1) is 29.9. The van der Waals surface area contributed by atoms with E-state index in [-0.39, 0.29) is 38.1 Å². The van der Waals surface area contributed by atoms with Crippen molar-refractivity contribution in [2.24, 2.45) is 0 Å². The van der Waals surface area contributed by atoms with Gasteiger partial charge in [-0.05, 0) is 50.5 Å². The lowest BCUT2D eigenvalue weighted by atomic mass is 9.78. The van der Waals surface area contributed by atoms with Gasteiger partial charge in [0.05, 0.1) is 37.1 Å². The van der Waals surface area contributed by atoms with E-state index in [2.05, 4.69) is 5.32 Å². The van der Waals surface area contributed by atoms with Crippen molar-refractivity contribution >= 4 is 5.91 Å².